The Morgan fingerprint density at radius 3 is 2.62 bits per heavy atom. The van der Waals surface area contributed by atoms with Crippen molar-refractivity contribution in [1.82, 2.24) is 0 Å². The molecule has 1 atom stereocenters. The van der Waals surface area contributed by atoms with Gasteiger partial charge in [0, 0.05) is 12.2 Å². The molecule has 0 unspecified atom stereocenters. The van der Waals surface area contributed by atoms with Crippen molar-refractivity contribution >= 4 is 11.7 Å². The summed E-state index contributed by atoms with van der Waals surface area (Å²) >= 11 is 0. The van der Waals surface area contributed by atoms with E-state index in [-0.39, 0.29) is 12.6 Å². The van der Waals surface area contributed by atoms with Gasteiger partial charge in [-0.3, -0.25) is 0 Å². The number of carboxylic acid groups (broad SMARTS) is 1. The first-order valence-electron chi connectivity index (χ1n) is 5.43. The van der Waals surface area contributed by atoms with Crippen LogP contribution in [-0.4, -0.2) is 35.4 Å². The smallest absolute Gasteiger partial charge is 0.335 e. The Morgan fingerprint density at radius 2 is 2.06 bits per heavy atom. The molecule has 1 heterocycles. The van der Waals surface area contributed by atoms with Crippen molar-refractivity contribution in [2.45, 2.75) is 18.9 Å². The molecule has 0 bridgehead atoms. The molecule has 1 aromatic rings. The Hall–Kier alpha value is -1.55. The van der Waals surface area contributed by atoms with Crippen molar-refractivity contribution in [3.8, 4) is 0 Å². The molecule has 16 heavy (non-hydrogen) atoms. The van der Waals surface area contributed by atoms with Gasteiger partial charge in [0.2, 0.25) is 0 Å². The van der Waals surface area contributed by atoms with Gasteiger partial charge in [0.1, 0.15) is 0 Å². The molecule has 0 saturated carbocycles. The topological polar surface area (TPSA) is 60.8 Å². The van der Waals surface area contributed by atoms with Crippen LogP contribution in [0.2, 0.25) is 0 Å². The highest BCUT2D eigenvalue weighted by Crippen LogP contribution is 2.25. The van der Waals surface area contributed by atoms with E-state index in [1.54, 1.807) is 24.3 Å². The Bertz CT molecular complexity index is 374. The number of aliphatic hydroxyl groups excluding tert-OH is 1. The van der Waals surface area contributed by atoms with Gasteiger partial charge in [-0.1, -0.05) is 0 Å². The van der Waals surface area contributed by atoms with E-state index in [4.69, 9.17) is 5.11 Å². The Balaban J connectivity index is 2.18. The van der Waals surface area contributed by atoms with Crippen molar-refractivity contribution in [2.75, 3.05) is 18.1 Å². The molecule has 1 fully saturated rings. The molecule has 4 heteroatoms. The molecule has 86 valence electrons. The fraction of sp³-hybridized carbons (Fsp3) is 0.417. The highest BCUT2D eigenvalue weighted by atomic mass is 16.4. The van der Waals surface area contributed by atoms with Crippen LogP contribution in [0.1, 0.15) is 23.2 Å². The number of carbonyl (C=O) groups is 1. The standard InChI is InChI=1S/C12H15NO3/c14-8-11-2-1-7-13(11)10-5-3-9(4-6-10)12(15)16/h3-6,11,14H,1-2,7-8H2,(H,15,16)/t11-/m0/s1. The number of hydrogen-bond donors (Lipinski definition) is 2. The molecule has 2 rings (SSSR count). The van der Waals surface area contributed by atoms with Crippen LogP contribution in [0, 0.1) is 0 Å². The van der Waals surface area contributed by atoms with Crippen molar-refractivity contribution in [3.63, 3.8) is 0 Å². The summed E-state index contributed by atoms with van der Waals surface area (Å²) in [5.41, 5.74) is 1.28. The summed E-state index contributed by atoms with van der Waals surface area (Å²) in [5.74, 6) is -0.910. The largest absolute Gasteiger partial charge is 0.478 e. The second-order valence-electron chi connectivity index (χ2n) is 4.02. The number of anilines is 1. The quantitative estimate of drug-likeness (QED) is 0.808. The number of aromatic carboxylic acids is 1. The van der Waals surface area contributed by atoms with Crippen molar-refractivity contribution < 1.29 is 15.0 Å². The van der Waals surface area contributed by atoms with Crippen LogP contribution < -0.4 is 4.90 Å². The van der Waals surface area contributed by atoms with Crippen LogP contribution in [0.4, 0.5) is 5.69 Å². The van der Waals surface area contributed by atoms with E-state index in [0.29, 0.717) is 5.56 Å². The van der Waals surface area contributed by atoms with Gasteiger partial charge in [-0.25, -0.2) is 4.79 Å². The normalized spacial score (nSPS) is 20.1. The van der Waals surface area contributed by atoms with E-state index in [1.165, 1.54) is 0 Å². The van der Waals surface area contributed by atoms with Gasteiger partial charge in [0.05, 0.1) is 18.2 Å². The fourth-order valence-electron chi connectivity index (χ4n) is 2.16. The minimum Gasteiger partial charge on any atom is -0.478 e. The molecular weight excluding hydrogens is 206 g/mol. The molecule has 1 aliphatic rings. The average molecular weight is 221 g/mol. The predicted octanol–water partition coefficient (Wildman–Crippen LogP) is 1.35. The Kier molecular flexibility index (Phi) is 3.10. The molecule has 1 aliphatic heterocycles. The van der Waals surface area contributed by atoms with Crippen LogP contribution in [-0.2, 0) is 0 Å². The van der Waals surface area contributed by atoms with Crippen LogP contribution in [0.15, 0.2) is 24.3 Å². The highest BCUT2D eigenvalue weighted by molar-refractivity contribution is 5.88. The monoisotopic (exact) mass is 221 g/mol. The molecule has 1 saturated heterocycles. The minimum atomic E-state index is -0.910. The van der Waals surface area contributed by atoms with E-state index in [1.807, 2.05) is 0 Å². The second kappa shape index (κ2) is 4.53. The van der Waals surface area contributed by atoms with Crippen LogP contribution in [0.3, 0.4) is 0 Å². The van der Waals surface area contributed by atoms with E-state index in [9.17, 15) is 9.90 Å². The summed E-state index contributed by atoms with van der Waals surface area (Å²) in [4.78, 5) is 12.8. The van der Waals surface area contributed by atoms with Gasteiger partial charge in [-0.2, -0.15) is 0 Å². The third-order valence-electron chi connectivity index (χ3n) is 3.03. The first-order chi connectivity index (χ1) is 7.72. The molecule has 0 aliphatic carbocycles. The fourth-order valence-corrected chi connectivity index (χ4v) is 2.16. The summed E-state index contributed by atoms with van der Waals surface area (Å²) in [5, 5.41) is 18.0. The number of carboxylic acids is 1. The molecule has 2 N–H and O–H groups in total. The lowest BCUT2D eigenvalue weighted by molar-refractivity contribution is 0.0697. The number of rotatable bonds is 3. The van der Waals surface area contributed by atoms with E-state index in [2.05, 4.69) is 4.90 Å². The first-order valence-corrected chi connectivity index (χ1v) is 5.43. The first kappa shape index (κ1) is 11.0. The number of benzene rings is 1. The van der Waals surface area contributed by atoms with Crippen LogP contribution in [0.25, 0.3) is 0 Å². The van der Waals surface area contributed by atoms with Gasteiger partial charge in [-0.05, 0) is 37.1 Å². The van der Waals surface area contributed by atoms with Gasteiger partial charge >= 0.3 is 5.97 Å². The third-order valence-corrected chi connectivity index (χ3v) is 3.03. The van der Waals surface area contributed by atoms with Crippen molar-refractivity contribution in [1.29, 1.82) is 0 Å². The number of hydrogen-bond acceptors (Lipinski definition) is 3. The molecular formula is C12H15NO3. The molecule has 0 spiro atoms. The summed E-state index contributed by atoms with van der Waals surface area (Å²) in [6.07, 6.45) is 2.07. The maximum atomic E-state index is 10.7. The zero-order chi connectivity index (χ0) is 11.5. The summed E-state index contributed by atoms with van der Waals surface area (Å²) in [6.45, 7) is 1.08. The van der Waals surface area contributed by atoms with E-state index in [0.717, 1.165) is 25.1 Å². The van der Waals surface area contributed by atoms with Gasteiger partial charge in [-0.15, -0.1) is 0 Å². The van der Waals surface area contributed by atoms with Gasteiger partial charge in [0.15, 0.2) is 0 Å². The summed E-state index contributed by atoms with van der Waals surface area (Å²) in [6, 6.07) is 6.99. The number of nitrogens with zero attached hydrogens (tertiary/aromatic N) is 1. The summed E-state index contributed by atoms with van der Waals surface area (Å²) in [7, 11) is 0. The van der Waals surface area contributed by atoms with Gasteiger partial charge < -0.3 is 15.1 Å². The zero-order valence-corrected chi connectivity index (χ0v) is 8.97. The van der Waals surface area contributed by atoms with Crippen molar-refractivity contribution in [3.05, 3.63) is 29.8 Å². The number of aliphatic hydroxyl groups is 1. The van der Waals surface area contributed by atoms with Gasteiger partial charge in [0.25, 0.3) is 0 Å². The lowest BCUT2D eigenvalue weighted by Crippen LogP contribution is -2.31. The molecule has 0 aromatic heterocycles. The zero-order valence-electron chi connectivity index (χ0n) is 8.97. The van der Waals surface area contributed by atoms with Crippen LogP contribution >= 0.6 is 0 Å². The molecule has 0 radical (unpaired) electrons. The lowest BCUT2D eigenvalue weighted by atomic mass is 10.2. The third kappa shape index (κ3) is 2.02. The van der Waals surface area contributed by atoms with E-state index >= 15 is 0 Å². The maximum Gasteiger partial charge on any atom is 0.335 e. The lowest BCUT2D eigenvalue weighted by Gasteiger charge is -2.25. The van der Waals surface area contributed by atoms with E-state index < -0.39 is 5.97 Å². The Labute approximate surface area is 94.1 Å². The summed E-state index contributed by atoms with van der Waals surface area (Å²) < 4.78 is 0. The maximum absolute atomic E-state index is 10.7. The minimum absolute atomic E-state index is 0.153. The Morgan fingerprint density at radius 1 is 1.38 bits per heavy atom. The molecule has 1 aromatic carbocycles. The SMILES string of the molecule is O=C(O)c1ccc(N2CCC[C@H]2CO)cc1. The van der Waals surface area contributed by atoms with Crippen molar-refractivity contribution in [2.24, 2.45) is 0 Å². The molecule has 0 amide bonds. The average Bonchev–Trinajstić information content (AvgIpc) is 2.77. The van der Waals surface area contributed by atoms with Crippen LogP contribution in [0.5, 0.6) is 0 Å². The second-order valence-corrected chi connectivity index (χ2v) is 4.02. The highest BCUT2D eigenvalue weighted by Gasteiger charge is 2.23. The predicted molar refractivity (Wildman–Crippen MR) is 60.9 cm³/mol. The molecule has 4 nitrogen and oxygen atoms in total.